The first-order valence-electron chi connectivity index (χ1n) is 6.46. The van der Waals surface area contributed by atoms with Crippen molar-refractivity contribution in [1.29, 1.82) is 0 Å². The molecule has 0 unspecified atom stereocenters. The third-order valence-electron chi connectivity index (χ3n) is 3.30. The van der Waals surface area contributed by atoms with Crippen LogP contribution < -0.4 is 10.5 Å². The van der Waals surface area contributed by atoms with Gasteiger partial charge < -0.3 is 20.7 Å². The first-order valence-corrected chi connectivity index (χ1v) is 6.46. The van der Waals surface area contributed by atoms with E-state index in [1.165, 1.54) is 13.2 Å². The Morgan fingerprint density at radius 3 is 2.45 bits per heavy atom. The number of aliphatic hydroxyl groups excluding tert-OH is 1. The Balaban J connectivity index is 2.12. The van der Waals surface area contributed by atoms with Crippen LogP contribution in [0.15, 0.2) is 48.5 Å². The van der Waals surface area contributed by atoms with Crippen LogP contribution in [0.2, 0.25) is 0 Å². The van der Waals surface area contributed by atoms with Gasteiger partial charge in [-0.1, -0.05) is 30.3 Å². The Labute approximate surface area is 118 Å². The van der Waals surface area contributed by atoms with Gasteiger partial charge in [0.15, 0.2) is 0 Å². The van der Waals surface area contributed by atoms with Crippen LogP contribution in [0, 0.1) is 0 Å². The predicted molar refractivity (Wildman–Crippen MR) is 77.7 cm³/mol. The van der Waals surface area contributed by atoms with Gasteiger partial charge in [0.25, 0.3) is 0 Å². The number of methoxy groups -OCH3 is 1. The molecule has 106 valence electrons. The average Bonchev–Trinajstić information content (AvgIpc) is 2.47. The summed E-state index contributed by atoms with van der Waals surface area (Å²) in [5.74, 6) is 0.583. The summed E-state index contributed by atoms with van der Waals surface area (Å²) in [7, 11) is 1.53. The van der Waals surface area contributed by atoms with E-state index in [9.17, 15) is 10.2 Å². The van der Waals surface area contributed by atoms with E-state index >= 15 is 0 Å². The fourth-order valence-electron chi connectivity index (χ4n) is 2.12. The molecule has 0 radical (unpaired) electrons. The van der Waals surface area contributed by atoms with Crippen molar-refractivity contribution in [2.24, 2.45) is 5.73 Å². The van der Waals surface area contributed by atoms with Crippen molar-refractivity contribution in [2.75, 3.05) is 7.11 Å². The lowest BCUT2D eigenvalue weighted by Gasteiger charge is -2.20. The largest absolute Gasteiger partial charge is 0.507 e. The summed E-state index contributed by atoms with van der Waals surface area (Å²) in [6.07, 6.45) is -0.329. The van der Waals surface area contributed by atoms with Crippen molar-refractivity contribution in [3.8, 4) is 11.5 Å². The van der Waals surface area contributed by atoms with Gasteiger partial charge in [0.05, 0.1) is 19.3 Å². The molecule has 2 rings (SSSR count). The summed E-state index contributed by atoms with van der Waals surface area (Å²) in [6, 6.07) is 13.8. The number of nitrogens with two attached hydrogens (primary N) is 1. The second kappa shape index (κ2) is 6.41. The highest BCUT2D eigenvalue weighted by Gasteiger charge is 2.20. The van der Waals surface area contributed by atoms with Gasteiger partial charge in [-0.15, -0.1) is 0 Å². The molecule has 4 nitrogen and oxygen atoms in total. The van der Waals surface area contributed by atoms with E-state index in [1.807, 2.05) is 30.3 Å². The molecule has 0 fully saturated rings. The highest BCUT2D eigenvalue weighted by molar-refractivity contribution is 5.41. The van der Waals surface area contributed by atoms with Crippen molar-refractivity contribution in [1.82, 2.24) is 0 Å². The predicted octanol–water partition coefficient (Wildman–Crippen LogP) is 2.00. The molecule has 0 spiro atoms. The zero-order valence-corrected chi connectivity index (χ0v) is 11.4. The van der Waals surface area contributed by atoms with E-state index in [1.54, 1.807) is 12.1 Å². The number of hydrogen-bond donors (Lipinski definition) is 3. The summed E-state index contributed by atoms with van der Waals surface area (Å²) < 4.78 is 5.02. The zero-order valence-electron chi connectivity index (χ0n) is 11.4. The van der Waals surface area contributed by atoms with Gasteiger partial charge in [-0.05, 0) is 17.7 Å². The number of phenols is 1. The monoisotopic (exact) mass is 273 g/mol. The summed E-state index contributed by atoms with van der Waals surface area (Å²) in [5, 5.41) is 20.1. The minimum atomic E-state index is -0.767. The smallest absolute Gasteiger partial charge is 0.124 e. The minimum Gasteiger partial charge on any atom is -0.507 e. The molecule has 4 heteroatoms. The van der Waals surface area contributed by atoms with Crippen LogP contribution in [0.5, 0.6) is 11.5 Å². The lowest BCUT2D eigenvalue weighted by Crippen LogP contribution is -2.28. The fourth-order valence-corrected chi connectivity index (χ4v) is 2.12. The molecule has 0 bridgehead atoms. The maximum absolute atomic E-state index is 10.2. The third kappa shape index (κ3) is 3.29. The molecule has 0 saturated heterocycles. The number of hydrogen-bond acceptors (Lipinski definition) is 4. The van der Waals surface area contributed by atoms with Gasteiger partial charge in [0.2, 0.25) is 0 Å². The maximum Gasteiger partial charge on any atom is 0.124 e. The van der Waals surface area contributed by atoms with Crippen LogP contribution in [0.25, 0.3) is 0 Å². The van der Waals surface area contributed by atoms with E-state index in [-0.39, 0.29) is 5.75 Å². The minimum absolute atomic E-state index is 0.0314. The SMILES string of the molecule is COc1ccc([C@@H](N)[C@@H](O)Cc2ccccc2)c(O)c1. The summed E-state index contributed by atoms with van der Waals surface area (Å²) >= 11 is 0. The molecule has 4 N–H and O–H groups in total. The fraction of sp³-hybridized carbons (Fsp3) is 0.250. The van der Waals surface area contributed by atoms with Gasteiger partial charge in [-0.3, -0.25) is 0 Å². The van der Waals surface area contributed by atoms with Gasteiger partial charge in [0.1, 0.15) is 11.5 Å². The second-order valence-corrected chi connectivity index (χ2v) is 4.71. The van der Waals surface area contributed by atoms with E-state index in [0.717, 1.165) is 5.56 Å². The molecule has 0 aliphatic rings. The summed E-state index contributed by atoms with van der Waals surface area (Å²) in [5.41, 5.74) is 7.54. The van der Waals surface area contributed by atoms with Crippen LogP contribution in [0.3, 0.4) is 0 Å². The Kier molecular flexibility index (Phi) is 4.61. The van der Waals surface area contributed by atoms with Gasteiger partial charge in [-0.25, -0.2) is 0 Å². The van der Waals surface area contributed by atoms with Crippen LogP contribution in [0.4, 0.5) is 0 Å². The highest BCUT2D eigenvalue weighted by atomic mass is 16.5. The van der Waals surface area contributed by atoms with E-state index in [0.29, 0.717) is 17.7 Å². The molecule has 0 heterocycles. The van der Waals surface area contributed by atoms with Gasteiger partial charge in [-0.2, -0.15) is 0 Å². The lowest BCUT2D eigenvalue weighted by atomic mass is 9.96. The van der Waals surface area contributed by atoms with Crippen molar-refractivity contribution in [3.63, 3.8) is 0 Å². The van der Waals surface area contributed by atoms with Crippen molar-refractivity contribution >= 4 is 0 Å². The number of ether oxygens (including phenoxy) is 1. The summed E-state index contributed by atoms with van der Waals surface area (Å²) in [4.78, 5) is 0. The quantitative estimate of drug-likeness (QED) is 0.779. The molecule has 20 heavy (non-hydrogen) atoms. The molecule has 0 aliphatic carbocycles. The molecular formula is C16H19NO3. The molecule has 0 aliphatic heterocycles. The van der Waals surface area contributed by atoms with Crippen LogP contribution in [-0.4, -0.2) is 23.4 Å². The van der Waals surface area contributed by atoms with Gasteiger partial charge >= 0.3 is 0 Å². The number of phenolic OH excluding ortho intramolecular Hbond substituents is 1. The molecular weight excluding hydrogens is 254 g/mol. The molecule has 0 amide bonds. The number of aromatic hydroxyl groups is 1. The highest BCUT2D eigenvalue weighted by Crippen LogP contribution is 2.29. The maximum atomic E-state index is 10.2. The molecule has 2 aromatic rings. The second-order valence-electron chi connectivity index (χ2n) is 4.71. The molecule has 2 atom stereocenters. The Morgan fingerprint density at radius 2 is 1.85 bits per heavy atom. The Bertz CT molecular complexity index is 557. The lowest BCUT2D eigenvalue weighted by molar-refractivity contribution is 0.143. The number of aliphatic hydroxyl groups is 1. The van der Waals surface area contributed by atoms with E-state index in [2.05, 4.69) is 0 Å². The summed E-state index contributed by atoms with van der Waals surface area (Å²) in [6.45, 7) is 0. The normalized spacial score (nSPS) is 13.8. The molecule has 0 saturated carbocycles. The third-order valence-corrected chi connectivity index (χ3v) is 3.30. The van der Waals surface area contributed by atoms with Crippen LogP contribution in [-0.2, 0) is 6.42 Å². The Morgan fingerprint density at radius 1 is 1.15 bits per heavy atom. The standard InChI is InChI=1S/C16H19NO3/c1-20-12-7-8-13(14(18)10-12)16(17)15(19)9-11-5-3-2-4-6-11/h2-8,10,15-16,18-19H,9,17H2,1H3/t15-,16+/m0/s1. The number of rotatable bonds is 5. The Hall–Kier alpha value is -2.04. The van der Waals surface area contributed by atoms with Crippen molar-refractivity contribution < 1.29 is 14.9 Å². The molecule has 0 aromatic heterocycles. The topological polar surface area (TPSA) is 75.7 Å². The van der Waals surface area contributed by atoms with Crippen LogP contribution >= 0.6 is 0 Å². The van der Waals surface area contributed by atoms with Crippen LogP contribution in [0.1, 0.15) is 17.2 Å². The zero-order chi connectivity index (χ0) is 14.5. The van der Waals surface area contributed by atoms with Crippen molar-refractivity contribution in [3.05, 3.63) is 59.7 Å². The van der Waals surface area contributed by atoms with Crippen molar-refractivity contribution in [2.45, 2.75) is 18.6 Å². The van der Waals surface area contributed by atoms with E-state index in [4.69, 9.17) is 10.5 Å². The van der Waals surface area contributed by atoms with E-state index < -0.39 is 12.1 Å². The van der Waals surface area contributed by atoms with Gasteiger partial charge in [0, 0.05) is 18.1 Å². The average molecular weight is 273 g/mol. The molecule has 2 aromatic carbocycles. The first kappa shape index (κ1) is 14.4. The first-order chi connectivity index (χ1) is 9.61. The number of benzene rings is 2.